The van der Waals surface area contributed by atoms with E-state index in [0.29, 0.717) is 19.7 Å². The molecule has 0 radical (unpaired) electrons. The highest BCUT2D eigenvalue weighted by Gasteiger charge is 2.38. The summed E-state index contributed by atoms with van der Waals surface area (Å²) in [6.07, 6.45) is 6.91. The third-order valence-corrected chi connectivity index (χ3v) is 3.61. The van der Waals surface area contributed by atoms with Crippen LogP contribution in [0.4, 0.5) is 0 Å². The second-order valence-electron chi connectivity index (χ2n) is 4.86. The molecule has 0 saturated heterocycles. The first-order valence-electron chi connectivity index (χ1n) is 6.93. The summed E-state index contributed by atoms with van der Waals surface area (Å²) in [5, 5.41) is 12.0. The van der Waals surface area contributed by atoms with Gasteiger partial charge in [0.1, 0.15) is 5.60 Å². The van der Waals surface area contributed by atoms with Crippen LogP contribution in [0.3, 0.4) is 0 Å². The molecular formula is C12H23N5O. The standard InChI is InChI=1S/C12H23N5O/c1-2-18-12(7-5-3-4-6-8-12)11-14-15-16-17(11)10-9-13/h2-10,13H2,1H3. The third kappa shape index (κ3) is 2.70. The predicted octanol–water partition coefficient (Wildman–Crippen LogP) is 1.22. The summed E-state index contributed by atoms with van der Waals surface area (Å²) in [6.45, 7) is 3.91. The van der Waals surface area contributed by atoms with E-state index in [2.05, 4.69) is 15.5 Å². The topological polar surface area (TPSA) is 78.9 Å². The zero-order valence-electron chi connectivity index (χ0n) is 11.1. The fraction of sp³-hybridized carbons (Fsp3) is 0.917. The van der Waals surface area contributed by atoms with E-state index in [1.54, 1.807) is 4.68 Å². The van der Waals surface area contributed by atoms with Gasteiger partial charge in [-0.25, -0.2) is 4.68 Å². The van der Waals surface area contributed by atoms with Crippen LogP contribution in [0.15, 0.2) is 0 Å². The zero-order valence-corrected chi connectivity index (χ0v) is 11.1. The summed E-state index contributed by atoms with van der Waals surface area (Å²) < 4.78 is 7.88. The van der Waals surface area contributed by atoms with Crippen LogP contribution in [0.5, 0.6) is 0 Å². The Kier molecular flexibility index (Phi) is 4.66. The number of hydrogen-bond acceptors (Lipinski definition) is 5. The molecule has 2 N–H and O–H groups in total. The molecule has 0 bridgehead atoms. The number of nitrogens with zero attached hydrogens (tertiary/aromatic N) is 4. The van der Waals surface area contributed by atoms with Gasteiger partial charge in [0, 0.05) is 13.2 Å². The molecule has 1 aliphatic rings. The molecule has 102 valence electrons. The SMILES string of the molecule is CCOC1(c2nnnn2CCN)CCCCCC1. The highest BCUT2D eigenvalue weighted by Crippen LogP contribution is 2.38. The van der Waals surface area contributed by atoms with Gasteiger partial charge >= 0.3 is 0 Å². The smallest absolute Gasteiger partial charge is 0.183 e. The van der Waals surface area contributed by atoms with Crippen molar-refractivity contribution < 1.29 is 4.74 Å². The second kappa shape index (κ2) is 6.24. The van der Waals surface area contributed by atoms with Crippen LogP contribution in [0, 0.1) is 0 Å². The van der Waals surface area contributed by atoms with Gasteiger partial charge < -0.3 is 10.5 Å². The molecule has 6 nitrogen and oxygen atoms in total. The van der Waals surface area contributed by atoms with Gasteiger partial charge in [-0.05, 0) is 30.2 Å². The molecule has 0 amide bonds. The van der Waals surface area contributed by atoms with Crippen LogP contribution in [0.2, 0.25) is 0 Å². The monoisotopic (exact) mass is 253 g/mol. The number of ether oxygens (including phenoxy) is 1. The van der Waals surface area contributed by atoms with E-state index in [1.807, 2.05) is 6.92 Å². The van der Waals surface area contributed by atoms with Gasteiger partial charge in [0.05, 0.1) is 6.54 Å². The van der Waals surface area contributed by atoms with Crippen molar-refractivity contribution in [2.45, 2.75) is 57.6 Å². The Labute approximate surface area is 108 Å². The molecule has 18 heavy (non-hydrogen) atoms. The van der Waals surface area contributed by atoms with Gasteiger partial charge in [-0.2, -0.15) is 0 Å². The van der Waals surface area contributed by atoms with E-state index >= 15 is 0 Å². The lowest BCUT2D eigenvalue weighted by molar-refractivity contribution is -0.0654. The van der Waals surface area contributed by atoms with Crippen molar-refractivity contribution in [1.29, 1.82) is 0 Å². The Morgan fingerprint density at radius 2 is 2.00 bits per heavy atom. The van der Waals surface area contributed by atoms with Gasteiger partial charge in [0.2, 0.25) is 0 Å². The molecule has 0 unspecified atom stereocenters. The van der Waals surface area contributed by atoms with Crippen molar-refractivity contribution >= 4 is 0 Å². The predicted molar refractivity (Wildman–Crippen MR) is 67.9 cm³/mol. The average Bonchev–Trinajstić information content (AvgIpc) is 2.70. The molecule has 0 aromatic carbocycles. The highest BCUT2D eigenvalue weighted by atomic mass is 16.5. The maximum Gasteiger partial charge on any atom is 0.183 e. The second-order valence-corrected chi connectivity index (χ2v) is 4.86. The summed E-state index contributed by atoms with van der Waals surface area (Å²) in [6, 6.07) is 0. The van der Waals surface area contributed by atoms with E-state index < -0.39 is 0 Å². The maximum atomic E-state index is 6.08. The Morgan fingerprint density at radius 3 is 2.61 bits per heavy atom. The van der Waals surface area contributed by atoms with Crippen molar-refractivity contribution in [3.63, 3.8) is 0 Å². The molecule has 1 aliphatic carbocycles. The Hall–Kier alpha value is -1.01. The number of aromatic nitrogens is 4. The number of rotatable bonds is 5. The zero-order chi connectivity index (χ0) is 12.8. The average molecular weight is 253 g/mol. The molecule has 1 aromatic rings. The molecular weight excluding hydrogens is 230 g/mol. The number of hydrogen-bond donors (Lipinski definition) is 1. The first-order chi connectivity index (χ1) is 8.82. The molecule has 1 heterocycles. The van der Waals surface area contributed by atoms with E-state index in [1.165, 1.54) is 25.7 Å². The van der Waals surface area contributed by atoms with Crippen LogP contribution < -0.4 is 5.73 Å². The van der Waals surface area contributed by atoms with Gasteiger partial charge in [0.25, 0.3) is 0 Å². The molecule has 1 fully saturated rings. The molecule has 0 atom stereocenters. The number of tetrazole rings is 1. The van der Waals surface area contributed by atoms with Crippen molar-refractivity contribution in [3.8, 4) is 0 Å². The van der Waals surface area contributed by atoms with E-state index in [0.717, 1.165) is 18.7 Å². The molecule has 0 spiro atoms. The van der Waals surface area contributed by atoms with Crippen LogP contribution in [-0.2, 0) is 16.9 Å². The normalized spacial score (nSPS) is 19.7. The maximum absolute atomic E-state index is 6.08. The quantitative estimate of drug-likeness (QED) is 0.798. The van der Waals surface area contributed by atoms with Crippen LogP contribution in [-0.4, -0.2) is 33.4 Å². The highest BCUT2D eigenvalue weighted by molar-refractivity contribution is 5.02. The lowest BCUT2D eigenvalue weighted by atomic mass is 9.93. The van der Waals surface area contributed by atoms with Crippen LogP contribution >= 0.6 is 0 Å². The van der Waals surface area contributed by atoms with Gasteiger partial charge in [-0.15, -0.1) is 5.10 Å². The van der Waals surface area contributed by atoms with Crippen molar-refractivity contribution in [3.05, 3.63) is 5.82 Å². The van der Waals surface area contributed by atoms with Gasteiger partial charge in [-0.1, -0.05) is 25.7 Å². The fourth-order valence-corrected chi connectivity index (χ4v) is 2.81. The van der Waals surface area contributed by atoms with E-state index in [4.69, 9.17) is 10.5 Å². The Morgan fingerprint density at radius 1 is 1.28 bits per heavy atom. The minimum Gasteiger partial charge on any atom is -0.367 e. The minimum absolute atomic E-state index is 0.302. The van der Waals surface area contributed by atoms with Crippen LogP contribution in [0.25, 0.3) is 0 Å². The van der Waals surface area contributed by atoms with Crippen molar-refractivity contribution in [2.75, 3.05) is 13.2 Å². The van der Waals surface area contributed by atoms with Gasteiger partial charge in [-0.3, -0.25) is 0 Å². The Bertz CT molecular complexity index is 357. The molecule has 1 aromatic heterocycles. The summed E-state index contributed by atoms with van der Waals surface area (Å²) in [4.78, 5) is 0. The van der Waals surface area contributed by atoms with E-state index in [9.17, 15) is 0 Å². The van der Waals surface area contributed by atoms with Gasteiger partial charge in [0.15, 0.2) is 5.82 Å². The van der Waals surface area contributed by atoms with E-state index in [-0.39, 0.29) is 5.60 Å². The van der Waals surface area contributed by atoms with Crippen LogP contribution in [0.1, 0.15) is 51.3 Å². The Balaban J connectivity index is 2.29. The minimum atomic E-state index is -0.302. The summed E-state index contributed by atoms with van der Waals surface area (Å²) in [7, 11) is 0. The first-order valence-corrected chi connectivity index (χ1v) is 6.93. The fourth-order valence-electron chi connectivity index (χ4n) is 2.81. The summed E-state index contributed by atoms with van der Waals surface area (Å²) >= 11 is 0. The molecule has 2 rings (SSSR count). The first kappa shape index (κ1) is 13.4. The lowest BCUT2D eigenvalue weighted by Gasteiger charge is -2.31. The van der Waals surface area contributed by atoms with Crippen molar-refractivity contribution in [1.82, 2.24) is 20.2 Å². The van der Waals surface area contributed by atoms with Crippen molar-refractivity contribution in [2.24, 2.45) is 5.73 Å². The lowest BCUT2D eigenvalue weighted by Crippen LogP contribution is -2.34. The molecule has 1 saturated carbocycles. The molecule has 6 heteroatoms. The summed E-state index contributed by atoms with van der Waals surface area (Å²) in [5.41, 5.74) is 5.31. The molecule has 0 aliphatic heterocycles. The number of nitrogens with two attached hydrogens (primary N) is 1. The third-order valence-electron chi connectivity index (χ3n) is 3.61. The summed E-state index contributed by atoms with van der Waals surface area (Å²) in [5.74, 6) is 0.858. The largest absolute Gasteiger partial charge is 0.367 e.